The van der Waals surface area contributed by atoms with Gasteiger partial charge in [-0.25, -0.2) is 15.0 Å². The van der Waals surface area contributed by atoms with Crippen molar-refractivity contribution in [2.75, 3.05) is 23.1 Å². The molecule has 13 heteroatoms. The van der Waals surface area contributed by atoms with Crippen LogP contribution >= 0.6 is 7.60 Å². The molecule has 1 aliphatic heterocycles. The number of nitrogens with one attached hydrogen (secondary N) is 1. The standard InChI is InChI=1S/C24H27N6O6P/c1-16-8-9-21(32)30(16)19-6-3-5-18(11-19)20(31)7-4-10-25-23-22-24(27-13-26-23)29(14-28-22)12-17(2)36-15-37(33,34)35/h3,5-6,8-9,11,13-14,17H,1,4,7,10,12,15H2,2H3,(H,25,26,27)(H2,33,34,35)/t17-/m1/s1. The lowest BCUT2D eigenvalue weighted by atomic mass is 10.1. The van der Waals surface area contributed by atoms with Gasteiger partial charge in [0.2, 0.25) is 0 Å². The van der Waals surface area contributed by atoms with Crippen LogP contribution in [0.15, 0.2) is 61.3 Å². The molecule has 12 nitrogen and oxygen atoms in total. The van der Waals surface area contributed by atoms with Gasteiger partial charge >= 0.3 is 7.60 Å². The molecule has 1 atom stereocenters. The molecule has 0 aliphatic carbocycles. The fourth-order valence-electron chi connectivity index (χ4n) is 3.87. The van der Waals surface area contributed by atoms with E-state index in [1.807, 2.05) is 0 Å². The minimum Gasteiger partial charge on any atom is -0.368 e. The predicted molar refractivity (Wildman–Crippen MR) is 137 cm³/mol. The van der Waals surface area contributed by atoms with Crippen molar-refractivity contribution < 1.29 is 28.7 Å². The second kappa shape index (κ2) is 11.1. The highest BCUT2D eigenvalue weighted by Gasteiger charge is 2.21. The molecule has 0 unspecified atom stereocenters. The normalized spacial score (nSPS) is 14.5. The SMILES string of the molecule is C=C1C=CC(=O)N1c1cccc(C(=O)CCCNc2ncnc3c2ncn3C[C@@H](C)OCP(=O)(O)O)c1. The van der Waals surface area contributed by atoms with Crippen molar-refractivity contribution in [1.29, 1.82) is 0 Å². The van der Waals surface area contributed by atoms with Crippen LogP contribution in [0.5, 0.6) is 0 Å². The lowest BCUT2D eigenvalue weighted by molar-refractivity contribution is -0.113. The molecule has 3 aromatic rings. The Balaban J connectivity index is 1.32. The summed E-state index contributed by atoms with van der Waals surface area (Å²) in [5, 5.41) is 3.19. The Morgan fingerprint density at radius 3 is 2.78 bits per heavy atom. The average molecular weight is 526 g/mol. The molecule has 194 valence electrons. The number of nitrogens with zero attached hydrogens (tertiary/aromatic N) is 5. The number of carbonyl (C=O) groups excluding carboxylic acids is 2. The molecule has 3 heterocycles. The number of amides is 1. The number of allylic oxidation sites excluding steroid dienone is 1. The second-order valence-electron chi connectivity index (χ2n) is 8.56. The molecule has 4 rings (SSSR count). The van der Waals surface area contributed by atoms with Crippen molar-refractivity contribution in [2.45, 2.75) is 32.4 Å². The molecule has 1 amide bonds. The first kappa shape index (κ1) is 26.4. The minimum atomic E-state index is -4.25. The van der Waals surface area contributed by atoms with Gasteiger partial charge in [-0.05, 0) is 31.6 Å². The number of anilines is 2. The number of aromatic nitrogens is 4. The Morgan fingerprint density at radius 2 is 2.05 bits per heavy atom. The third-order valence-corrected chi connectivity index (χ3v) is 6.09. The van der Waals surface area contributed by atoms with Crippen molar-refractivity contribution in [1.82, 2.24) is 19.5 Å². The highest BCUT2D eigenvalue weighted by molar-refractivity contribution is 7.51. The van der Waals surface area contributed by atoms with Crippen molar-refractivity contribution in [3.63, 3.8) is 0 Å². The van der Waals surface area contributed by atoms with Crippen molar-refractivity contribution in [2.24, 2.45) is 0 Å². The van der Waals surface area contributed by atoms with Gasteiger partial charge in [-0.1, -0.05) is 18.7 Å². The number of rotatable bonds is 12. The molecule has 0 bridgehead atoms. The molecule has 1 aliphatic rings. The van der Waals surface area contributed by atoms with Gasteiger partial charge in [-0.3, -0.25) is 19.1 Å². The molecule has 3 N–H and O–H groups in total. The van der Waals surface area contributed by atoms with Gasteiger partial charge in [0.25, 0.3) is 5.91 Å². The van der Waals surface area contributed by atoms with E-state index in [1.165, 1.54) is 17.3 Å². The van der Waals surface area contributed by atoms with Crippen LogP contribution in [-0.2, 0) is 20.6 Å². The lowest BCUT2D eigenvalue weighted by Gasteiger charge is -2.18. The van der Waals surface area contributed by atoms with E-state index >= 15 is 0 Å². The summed E-state index contributed by atoms with van der Waals surface area (Å²) >= 11 is 0. The first-order chi connectivity index (χ1) is 17.6. The summed E-state index contributed by atoms with van der Waals surface area (Å²) < 4.78 is 18.0. The largest absolute Gasteiger partial charge is 0.368 e. The van der Waals surface area contributed by atoms with Crippen molar-refractivity contribution in [3.8, 4) is 0 Å². The maximum atomic E-state index is 12.7. The summed E-state index contributed by atoms with van der Waals surface area (Å²) in [5.74, 6) is 0.274. The highest BCUT2D eigenvalue weighted by Crippen LogP contribution is 2.34. The van der Waals surface area contributed by atoms with Crippen LogP contribution in [0, 0.1) is 0 Å². The van der Waals surface area contributed by atoms with Crippen LogP contribution in [-0.4, -0.2) is 60.0 Å². The first-order valence-electron chi connectivity index (χ1n) is 11.5. The first-order valence-corrected chi connectivity index (χ1v) is 13.3. The zero-order valence-corrected chi connectivity index (χ0v) is 21.0. The number of imidazole rings is 1. The van der Waals surface area contributed by atoms with Gasteiger partial charge < -0.3 is 24.4 Å². The number of ketones is 1. The van der Waals surface area contributed by atoms with Gasteiger partial charge in [0.05, 0.1) is 19.0 Å². The number of benzene rings is 1. The molecule has 0 radical (unpaired) electrons. The van der Waals surface area contributed by atoms with E-state index < -0.39 is 20.0 Å². The monoisotopic (exact) mass is 526 g/mol. The Hall–Kier alpha value is -3.70. The van der Waals surface area contributed by atoms with E-state index in [0.717, 1.165) is 0 Å². The Morgan fingerprint density at radius 1 is 1.24 bits per heavy atom. The average Bonchev–Trinajstić information content (AvgIpc) is 3.42. The molecule has 0 fully saturated rings. The topological polar surface area (TPSA) is 160 Å². The van der Waals surface area contributed by atoms with E-state index in [-0.39, 0.29) is 11.7 Å². The van der Waals surface area contributed by atoms with Crippen LogP contribution in [0.25, 0.3) is 11.2 Å². The second-order valence-corrected chi connectivity index (χ2v) is 10.2. The molecule has 0 saturated carbocycles. The molecule has 1 aromatic carbocycles. The summed E-state index contributed by atoms with van der Waals surface area (Å²) in [5.41, 5.74) is 2.76. The van der Waals surface area contributed by atoms with Gasteiger partial charge in [0, 0.05) is 36.0 Å². The van der Waals surface area contributed by atoms with Crippen LogP contribution in [0.2, 0.25) is 0 Å². The zero-order chi connectivity index (χ0) is 26.6. The lowest BCUT2D eigenvalue weighted by Crippen LogP contribution is -2.22. The van der Waals surface area contributed by atoms with Gasteiger partial charge in [-0.15, -0.1) is 0 Å². The quantitative estimate of drug-likeness (QED) is 0.182. The molecule has 0 spiro atoms. The summed E-state index contributed by atoms with van der Waals surface area (Å²) in [4.78, 5) is 57.1. The van der Waals surface area contributed by atoms with E-state index in [1.54, 1.807) is 48.2 Å². The van der Waals surface area contributed by atoms with Crippen molar-refractivity contribution >= 4 is 42.0 Å². The number of hydrogen-bond acceptors (Lipinski definition) is 8. The smallest absolute Gasteiger partial charge is 0.350 e. The molecule has 0 saturated heterocycles. The molecular formula is C24H27N6O6P. The number of fused-ring (bicyclic) bond motifs is 1. The van der Waals surface area contributed by atoms with Gasteiger partial charge in [0.15, 0.2) is 17.2 Å². The van der Waals surface area contributed by atoms with Crippen LogP contribution in [0.1, 0.15) is 30.1 Å². The summed E-state index contributed by atoms with van der Waals surface area (Å²) in [6, 6.07) is 6.92. The van der Waals surface area contributed by atoms with Crippen molar-refractivity contribution in [3.05, 3.63) is 66.9 Å². The Kier molecular flexibility index (Phi) is 7.94. The number of hydrogen-bond donors (Lipinski definition) is 3. The zero-order valence-electron chi connectivity index (χ0n) is 20.1. The Bertz CT molecular complexity index is 1400. The van der Waals surface area contributed by atoms with Crippen LogP contribution < -0.4 is 10.2 Å². The number of carbonyl (C=O) groups is 2. The van der Waals surface area contributed by atoms with E-state index in [0.29, 0.717) is 59.9 Å². The maximum Gasteiger partial charge on any atom is 0.350 e. The summed E-state index contributed by atoms with van der Waals surface area (Å²) in [6.45, 7) is 6.32. The van der Waals surface area contributed by atoms with Gasteiger partial charge in [0.1, 0.15) is 18.2 Å². The fourth-order valence-corrected chi connectivity index (χ4v) is 4.32. The maximum absolute atomic E-state index is 12.7. The van der Waals surface area contributed by atoms with E-state index in [9.17, 15) is 14.2 Å². The van der Waals surface area contributed by atoms with E-state index in [4.69, 9.17) is 14.5 Å². The minimum absolute atomic E-state index is 0.0460. The van der Waals surface area contributed by atoms with Crippen LogP contribution in [0.3, 0.4) is 0 Å². The predicted octanol–water partition coefficient (Wildman–Crippen LogP) is 2.86. The Labute approximate surface area is 212 Å². The molecule has 37 heavy (non-hydrogen) atoms. The van der Waals surface area contributed by atoms with E-state index in [2.05, 4.69) is 26.8 Å². The number of Topliss-reactive ketones (excluding diaryl/α,β-unsaturated/α-hetero) is 1. The summed E-state index contributed by atoms with van der Waals surface area (Å²) in [6.07, 6.45) is 5.73. The van der Waals surface area contributed by atoms with Crippen LogP contribution in [0.4, 0.5) is 11.5 Å². The number of ether oxygens (including phenoxy) is 1. The summed E-state index contributed by atoms with van der Waals surface area (Å²) in [7, 11) is -4.25. The molecular weight excluding hydrogens is 499 g/mol. The third kappa shape index (κ3) is 6.55. The van der Waals surface area contributed by atoms with Gasteiger partial charge in [-0.2, -0.15) is 0 Å². The fraction of sp³-hybridized carbons (Fsp3) is 0.292. The highest BCUT2D eigenvalue weighted by atomic mass is 31.2. The molecule has 2 aromatic heterocycles. The third-order valence-electron chi connectivity index (χ3n) is 5.61.